The molecule has 0 bridgehead atoms. The number of halogens is 1. The Kier molecular flexibility index (Phi) is 4.05. The number of rotatable bonds is 2. The maximum Gasteiger partial charge on any atom is 0.328 e. The van der Waals surface area contributed by atoms with Crippen molar-refractivity contribution in [1.29, 1.82) is 0 Å². The van der Waals surface area contributed by atoms with E-state index in [1.165, 1.54) is 4.90 Å². The number of pyridine rings is 1. The van der Waals surface area contributed by atoms with Crippen molar-refractivity contribution in [3.63, 3.8) is 0 Å². The van der Waals surface area contributed by atoms with Crippen LogP contribution in [0.3, 0.4) is 0 Å². The lowest BCUT2D eigenvalue weighted by molar-refractivity contribution is -0.117. The van der Waals surface area contributed by atoms with Gasteiger partial charge in [-0.05, 0) is 12.1 Å². The van der Waals surface area contributed by atoms with E-state index >= 15 is 0 Å². The van der Waals surface area contributed by atoms with E-state index in [0.717, 1.165) is 0 Å². The topological polar surface area (TPSA) is 62.3 Å². The van der Waals surface area contributed by atoms with Gasteiger partial charge in [0.2, 0.25) is 5.91 Å². The van der Waals surface area contributed by atoms with Crippen LogP contribution in [-0.2, 0) is 4.79 Å². The highest BCUT2D eigenvalue weighted by molar-refractivity contribution is 6.28. The van der Waals surface area contributed by atoms with Gasteiger partial charge in [0, 0.05) is 25.1 Å². The summed E-state index contributed by atoms with van der Waals surface area (Å²) in [5.41, 5.74) is 0.643. The van der Waals surface area contributed by atoms with Crippen molar-refractivity contribution < 1.29 is 9.59 Å². The monoisotopic (exact) mass is 227 g/mol. The minimum Gasteiger partial charge on any atom is -0.297 e. The molecule has 1 aromatic heterocycles. The third-order valence-electron chi connectivity index (χ3n) is 1.72. The highest BCUT2D eigenvalue weighted by Crippen LogP contribution is 2.09. The van der Waals surface area contributed by atoms with Gasteiger partial charge >= 0.3 is 6.03 Å². The van der Waals surface area contributed by atoms with E-state index < -0.39 is 11.9 Å². The Hall–Kier alpha value is -1.62. The molecule has 0 saturated heterocycles. The summed E-state index contributed by atoms with van der Waals surface area (Å²) in [7, 11) is 1.55. The lowest BCUT2D eigenvalue weighted by atomic mass is 10.4. The quantitative estimate of drug-likeness (QED) is 0.767. The molecule has 0 radical (unpaired) electrons. The Morgan fingerprint density at radius 2 is 2.07 bits per heavy atom. The molecule has 0 aliphatic heterocycles. The number of nitrogens with zero attached hydrogens (tertiary/aromatic N) is 2. The molecular weight excluding hydrogens is 218 g/mol. The van der Waals surface area contributed by atoms with E-state index in [1.54, 1.807) is 31.6 Å². The zero-order chi connectivity index (χ0) is 11.3. The van der Waals surface area contributed by atoms with Crippen LogP contribution in [-0.4, -0.2) is 29.8 Å². The molecule has 6 heteroatoms. The highest BCUT2D eigenvalue weighted by atomic mass is 35.5. The smallest absolute Gasteiger partial charge is 0.297 e. The summed E-state index contributed by atoms with van der Waals surface area (Å²) in [5, 5.41) is 2.12. The molecule has 1 aromatic rings. The summed E-state index contributed by atoms with van der Waals surface area (Å²) in [5.74, 6) is -0.766. The normalized spacial score (nSPS) is 9.47. The van der Waals surface area contributed by atoms with Gasteiger partial charge in [0.15, 0.2) is 0 Å². The third kappa shape index (κ3) is 3.21. The predicted octanol–water partition coefficient (Wildman–Crippen LogP) is 0.993. The minimum absolute atomic E-state index is 0.240. The van der Waals surface area contributed by atoms with Gasteiger partial charge in [0.05, 0.1) is 0 Å². The molecule has 3 amide bonds. The zero-order valence-corrected chi connectivity index (χ0v) is 8.86. The van der Waals surface area contributed by atoms with Gasteiger partial charge in [-0.3, -0.25) is 20.0 Å². The third-order valence-corrected chi connectivity index (χ3v) is 1.97. The molecule has 0 spiro atoms. The maximum absolute atomic E-state index is 11.4. The van der Waals surface area contributed by atoms with Crippen LogP contribution in [0.1, 0.15) is 0 Å². The highest BCUT2D eigenvalue weighted by Gasteiger charge is 2.12. The first kappa shape index (κ1) is 11.5. The number of alkyl halides is 1. The van der Waals surface area contributed by atoms with Gasteiger partial charge in [0.25, 0.3) is 0 Å². The number of carbonyl (C=O) groups is 2. The van der Waals surface area contributed by atoms with E-state index in [0.29, 0.717) is 5.69 Å². The van der Waals surface area contributed by atoms with Crippen LogP contribution in [0, 0.1) is 0 Å². The van der Waals surface area contributed by atoms with Crippen molar-refractivity contribution in [2.45, 2.75) is 0 Å². The number of hydrogen-bond acceptors (Lipinski definition) is 3. The van der Waals surface area contributed by atoms with Crippen molar-refractivity contribution >= 4 is 29.2 Å². The van der Waals surface area contributed by atoms with Crippen LogP contribution < -0.4 is 10.2 Å². The molecule has 0 aliphatic carbocycles. The molecule has 0 saturated carbocycles. The molecule has 80 valence electrons. The first-order valence-corrected chi connectivity index (χ1v) is 4.72. The second kappa shape index (κ2) is 5.31. The van der Waals surface area contributed by atoms with Crippen LogP contribution in [0.2, 0.25) is 0 Å². The second-order valence-electron chi connectivity index (χ2n) is 2.75. The molecule has 15 heavy (non-hydrogen) atoms. The van der Waals surface area contributed by atoms with Crippen molar-refractivity contribution in [1.82, 2.24) is 10.3 Å². The fourth-order valence-electron chi connectivity index (χ4n) is 0.921. The lowest BCUT2D eigenvalue weighted by Crippen LogP contribution is -2.41. The van der Waals surface area contributed by atoms with Crippen LogP contribution >= 0.6 is 11.6 Å². The average molecular weight is 228 g/mol. The van der Waals surface area contributed by atoms with Crippen molar-refractivity contribution in [2.75, 3.05) is 17.8 Å². The lowest BCUT2D eigenvalue weighted by Gasteiger charge is -2.16. The fraction of sp³-hybridized carbons (Fsp3) is 0.222. The summed E-state index contributed by atoms with van der Waals surface area (Å²) in [4.78, 5) is 27.4. The zero-order valence-electron chi connectivity index (χ0n) is 8.11. The standard InChI is InChI=1S/C9H10ClN3O2/c1-13(7-2-4-11-5-3-7)9(15)12-8(14)6-10/h2-5H,6H2,1H3,(H,12,14,15). The largest absolute Gasteiger partial charge is 0.328 e. The number of carbonyl (C=O) groups excluding carboxylic acids is 2. The summed E-state index contributed by atoms with van der Waals surface area (Å²) in [6, 6.07) is 2.79. The second-order valence-corrected chi connectivity index (χ2v) is 3.02. The molecule has 5 nitrogen and oxygen atoms in total. The summed E-state index contributed by atoms with van der Waals surface area (Å²) >= 11 is 5.25. The van der Waals surface area contributed by atoms with E-state index in [1.807, 2.05) is 0 Å². The van der Waals surface area contributed by atoms with Crippen molar-refractivity contribution in [3.05, 3.63) is 24.5 Å². The summed E-state index contributed by atoms with van der Waals surface area (Å²) in [6.45, 7) is 0. The predicted molar refractivity (Wildman–Crippen MR) is 56.9 cm³/mol. The van der Waals surface area contributed by atoms with E-state index in [-0.39, 0.29) is 5.88 Å². The number of urea groups is 1. The first-order chi connectivity index (χ1) is 7.15. The Labute approximate surface area is 92.0 Å². The molecule has 0 unspecified atom stereocenters. The van der Waals surface area contributed by atoms with Crippen LogP contribution in [0.4, 0.5) is 10.5 Å². The molecule has 0 atom stereocenters. The van der Waals surface area contributed by atoms with Crippen LogP contribution in [0.15, 0.2) is 24.5 Å². The average Bonchev–Trinajstić information content (AvgIpc) is 2.29. The Balaban J connectivity index is 2.65. The maximum atomic E-state index is 11.4. The number of aromatic nitrogens is 1. The molecule has 1 N–H and O–H groups in total. The van der Waals surface area contributed by atoms with Crippen LogP contribution in [0.25, 0.3) is 0 Å². The molecule has 1 rings (SSSR count). The number of hydrogen-bond donors (Lipinski definition) is 1. The summed E-state index contributed by atoms with van der Waals surface area (Å²) in [6.07, 6.45) is 3.12. The number of amides is 3. The van der Waals surface area contributed by atoms with Crippen LogP contribution in [0.5, 0.6) is 0 Å². The van der Waals surface area contributed by atoms with Gasteiger partial charge in [0.1, 0.15) is 5.88 Å². The Bertz CT molecular complexity index is 356. The van der Waals surface area contributed by atoms with E-state index in [4.69, 9.17) is 11.6 Å². The van der Waals surface area contributed by atoms with E-state index in [9.17, 15) is 9.59 Å². The number of anilines is 1. The fourth-order valence-corrected chi connectivity index (χ4v) is 0.988. The van der Waals surface area contributed by atoms with E-state index in [2.05, 4.69) is 10.3 Å². The number of nitrogens with one attached hydrogen (secondary N) is 1. The van der Waals surface area contributed by atoms with Gasteiger partial charge < -0.3 is 0 Å². The molecule has 0 aliphatic rings. The van der Waals surface area contributed by atoms with Gasteiger partial charge in [-0.2, -0.15) is 0 Å². The molecular formula is C9H10ClN3O2. The van der Waals surface area contributed by atoms with Gasteiger partial charge in [-0.15, -0.1) is 11.6 Å². The first-order valence-electron chi connectivity index (χ1n) is 4.18. The minimum atomic E-state index is -0.525. The number of imide groups is 1. The van der Waals surface area contributed by atoms with Gasteiger partial charge in [-0.1, -0.05) is 0 Å². The van der Waals surface area contributed by atoms with Crippen molar-refractivity contribution in [2.24, 2.45) is 0 Å². The molecule has 1 heterocycles. The van der Waals surface area contributed by atoms with Crippen molar-refractivity contribution in [3.8, 4) is 0 Å². The summed E-state index contributed by atoms with van der Waals surface area (Å²) < 4.78 is 0. The molecule has 0 aromatic carbocycles. The SMILES string of the molecule is CN(C(=O)NC(=O)CCl)c1ccncc1. The Morgan fingerprint density at radius 3 is 2.60 bits per heavy atom. The van der Waals surface area contributed by atoms with Gasteiger partial charge in [-0.25, -0.2) is 4.79 Å². The Morgan fingerprint density at radius 1 is 1.47 bits per heavy atom. The molecule has 0 fully saturated rings.